The van der Waals surface area contributed by atoms with Crippen LogP contribution in [0, 0.1) is 12.8 Å². The van der Waals surface area contributed by atoms with Gasteiger partial charge in [0.1, 0.15) is 12.4 Å². The van der Waals surface area contributed by atoms with Crippen LogP contribution in [0.5, 0.6) is 5.75 Å². The quantitative estimate of drug-likeness (QED) is 0.762. The first-order valence-corrected chi connectivity index (χ1v) is 9.24. The second-order valence-electron chi connectivity index (χ2n) is 6.94. The van der Waals surface area contributed by atoms with Crippen molar-refractivity contribution < 1.29 is 9.53 Å². The van der Waals surface area contributed by atoms with Crippen molar-refractivity contribution in [1.29, 1.82) is 0 Å². The van der Waals surface area contributed by atoms with Crippen molar-refractivity contribution in [3.8, 4) is 5.75 Å². The Morgan fingerprint density at radius 1 is 1.29 bits per heavy atom. The molecule has 1 N–H and O–H groups in total. The van der Waals surface area contributed by atoms with Crippen molar-refractivity contribution in [3.05, 3.63) is 59.4 Å². The molecule has 0 saturated carbocycles. The van der Waals surface area contributed by atoms with Crippen molar-refractivity contribution in [3.63, 3.8) is 0 Å². The molecule has 1 saturated heterocycles. The van der Waals surface area contributed by atoms with E-state index in [0.29, 0.717) is 12.5 Å². The molecule has 28 heavy (non-hydrogen) atoms. The van der Waals surface area contributed by atoms with E-state index >= 15 is 0 Å². The zero-order valence-corrected chi connectivity index (χ0v) is 18.0. The summed E-state index contributed by atoms with van der Waals surface area (Å²) in [5.41, 5.74) is 2.68. The Labute approximate surface area is 179 Å². The smallest absolute Gasteiger partial charge is 0.253 e. The number of rotatable bonds is 6. The third kappa shape index (κ3) is 6.66. The number of ether oxygens (including phenoxy) is 1. The first-order chi connectivity index (χ1) is 12.7. The molecule has 1 aliphatic heterocycles. The molecular weight excluding hydrogens is 397 g/mol. The lowest BCUT2D eigenvalue weighted by molar-refractivity contribution is 0.0674. The molecular formula is C21H29Cl2N3O2. The second kappa shape index (κ2) is 11.9. The second-order valence-corrected chi connectivity index (χ2v) is 6.94. The number of nitrogens with zero attached hydrogens (tertiary/aromatic N) is 2. The van der Waals surface area contributed by atoms with E-state index in [0.717, 1.165) is 48.6 Å². The van der Waals surface area contributed by atoms with Crippen LogP contribution < -0.4 is 10.1 Å². The Bertz CT molecular complexity index is 739. The van der Waals surface area contributed by atoms with Gasteiger partial charge in [-0.1, -0.05) is 12.1 Å². The monoisotopic (exact) mass is 425 g/mol. The van der Waals surface area contributed by atoms with Gasteiger partial charge in [0.2, 0.25) is 0 Å². The molecule has 1 amide bonds. The van der Waals surface area contributed by atoms with Crippen LogP contribution in [0.1, 0.15) is 34.5 Å². The molecule has 1 unspecified atom stereocenters. The molecule has 0 bridgehead atoms. The maximum Gasteiger partial charge on any atom is 0.253 e. The maximum atomic E-state index is 12.9. The summed E-state index contributed by atoms with van der Waals surface area (Å²) >= 11 is 0. The van der Waals surface area contributed by atoms with Gasteiger partial charge in [0, 0.05) is 24.3 Å². The summed E-state index contributed by atoms with van der Waals surface area (Å²) in [7, 11) is 1.97. The van der Waals surface area contributed by atoms with E-state index in [4.69, 9.17) is 4.74 Å². The number of halogens is 2. The van der Waals surface area contributed by atoms with Gasteiger partial charge in [-0.15, -0.1) is 24.8 Å². The number of carbonyl (C=O) groups excluding carboxylic acids is 1. The fourth-order valence-electron chi connectivity index (χ4n) is 3.39. The third-order valence-corrected chi connectivity index (χ3v) is 4.76. The van der Waals surface area contributed by atoms with Gasteiger partial charge in [-0.05, 0) is 69.1 Å². The van der Waals surface area contributed by atoms with Gasteiger partial charge in [-0.25, -0.2) is 0 Å². The highest BCUT2D eigenvalue weighted by molar-refractivity contribution is 5.94. The van der Waals surface area contributed by atoms with E-state index in [1.165, 1.54) is 6.42 Å². The summed E-state index contributed by atoms with van der Waals surface area (Å²) in [5, 5.41) is 3.22. The Morgan fingerprint density at radius 2 is 2.11 bits per heavy atom. The van der Waals surface area contributed by atoms with Crippen LogP contribution in [0.4, 0.5) is 0 Å². The van der Waals surface area contributed by atoms with Crippen LogP contribution in [0.3, 0.4) is 0 Å². The summed E-state index contributed by atoms with van der Waals surface area (Å²) in [6.45, 7) is 5.00. The lowest BCUT2D eigenvalue weighted by atomic mass is 9.97. The van der Waals surface area contributed by atoms with Crippen molar-refractivity contribution in [1.82, 2.24) is 15.2 Å². The van der Waals surface area contributed by atoms with E-state index in [9.17, 15) is 4.79 Å². The lowest BCUT2D eigenvalue weighted by Crippen LogP contribution is -2.42. The molecule has 2 aromatic rings. The highest BCUT2D eigenvalue weighted by Crippen LogP contribution is 2.19. The molecule has 0 aliphatic carbocycles. The number of nitrogens with one attached hydrogen (secondary N) is 1. The third-order valence-electron chi connectivity index (χ3n) is 4.76. The zero-order valence-electron chi connectivity index (χ0n) is 16.4. The normalized spacial score (nSPS) is 15.9. The fraction of sp³-hybridized carbons (Fsp3) is 0.429. The molecule has 1 aromatic carbocycles. The molecule has 2 heterocycles. The first kappa shape index (κ1) is 24.2. The van der Waals surface area contributed by atoms with Gasteiger partial charge >= 0.3 is 0 Å². The van der Waals surface area contributed by atoms with Gasteiger partial charge in [-0.2, -0.15) is 0 Å². The van der Waals surface area contributed by atoms with Gasteiger partial charge in [0.15, 0.2) is 0 Å². The number of benzene rings is 1. The van der Waals surface area contributed by atoms with Crippen LogP contribution in [0.15, 0.2) is 42.6 Å². The van der Waals surface area contributed by atoms with E-state index in [-0.39, 0.29) is 30.7 Å². The van der Waals surface area contributed by atoms with Crippen molar-refractivity contribution >= 4 is 30.7 Å². The van der Waals surface area contributed by atoms with Gasteiger partial charge in [0.25, 0.3) is 5.91 Å². The van der Waals surface area contributed by atoms with E-state index in [1.807, 2.05) is 55.3 Å². The minimum atomic E-state index is 0. The number of piperidine rings is 1. The van der Waals surface area contributed by atoms with Crippen LogP contribution in [0.25, 0.3) is 0 Å². The van der Waals surface area contributed by atoms with Crippen LogP contribution in [-0.2, 0) is 6.61 Å². The number of likely N-dealkylation sites (tertiary alicyclic amines) is 1. The van der Waals surface area contributed by atoms with E-state index in [1.54, 1.807) is 6.20 Å². The van der Waals surface area contributed by atoms with E-state index < -0.39 is 0 Å². The van der Waals surface area contributed by atoms with Crippen molar-refractivity contribution in [2.24, 2.45) is 5.92 Å². The predicted octanol–water partition coefficient (Wildman–Crippen LogP) is 3.88. The number of hydrogen-bond donors (Lipinski definition) is 1. The lowest BCUT2D eigenvalue weighted by Gasteiger charge is -2.32. The molecule has 1 fully saturated rings. The maximum absolute atomic E-state index is 12.9. The molecule has 0 spiro atoms. The zero-order chi connectivity index (χ0) is 18.4. The number of aromatic nitrogens is 1. The molecule has 7 heteroatoms. The summed E-state index contributed by atoms with van der Waals surface area (Å²) < 4.78 is 5.78. The summed E-state index contributed by atoms with van der Waals surface area (Å²) in [5.74, 6) is 1.39. The first-order valence-electron chi connectivity index (χ1n) is 9.24. The van der Waals surface area contributed by atoms with Crippen LogP contribution >= 0.6 is 24.8 Å². The molecule has 5 nitrogen and oxygen atoms in total. The Balaban J connectivity index is 0.00000196. The van der Waals surface area contributed by atoms with Crippen LogP contribution in [0.2, 0.25) is 0 Å². The highest BCUT2D eigenvalue weighted by atomic mass is 35.5. The number of aryl methyl sites for hydroxylation is 1. The molecule has 3 rings (SSSR count). The number of pyridine rings is 1. The minimum absolute atomic E-state index is 0. The highest BCUT2D eigenvalue weighted by Gasteiger charge is 2.24. The Hall–Kier alpha value is -1.82. The summed E-state index contributed by atoms with van der Waals surface area (Å²) in [6, 6.07) is 11.6. The predicted molar refractivity (Wildman–Crippen MR) is 117 cm³/mol. The number of hydrogen-bond acceptors (Lipinski definition) is 4. The molecule has 154 valence electrons. The van der Waals surface area contributed by atoms with Crippen molar-refractivity contribution in [2.45, 2.75) is 26.4 Å². The summed E-state index contributed by atoms with van der Waals surface area (Å²) in [4.78, 5) is 19.1. The topological polar surface area (TPSA) is 54.5 Å². The van der Waals surface area contributed by atoms with Crippen LogP contribution in [-0.4, -0.2) is 42.5 Å². The Kier molecular flexibility index (Phi) is 10.3. The minimum Gasteiger partial charge on any atom is -0.487 e. The van der Waals surface area contributed by atoms with Crippen molar-refractivity contribution in [2.75, 3.05) is 26.7 Å². The van der Waals surface area contributed by atoms with Gasteiger partial charge < -0.3 is 15.0 Å². The molecule has 1 aliphatic rings. The fourth-order valence-corrected chi connectivity index (χ4v) is 3.39. The van der Waals surface area contributed by atoms with E-state index in [2.05, 4.69) is 10.3 Å². The largest absolute Gasteiger partial charge is 0.487 e. The average molecular weight is 426 g/mol. The standard InChI is InChI=1S/C21H27N3O2.2ClH/c1-16-8-9-20(13-23-16)26-15-17-5-3-7-19(11-17)21(25)24-10-4-6-18(14-24)12-22-2;;/h3,5,7-9,11,13,18,22H,4,6,10,12,14-15H2,1-2H3;2*1H. The number of amides is 1. The SMILES string of the molecule is CNCC1CCCN(C(=O)c2cccc(COc3ccc(C)nc3)c2)C1.Cl.Cl. The summed E-state index contributed by atoms with van der Waals surface area (Å²) in [6.07, 6.45) is 3.98. The molecule has 0 radical (unpaired) electrons. The molecule has 1 atom stereocenters. The Morgan fingerprint density at radius 3 is 2.82 bits per heavy atom. The molecule has 1 aromatic heterocycles. The van der Waals surface area contributed by atoms with Gasteiger partial charge in [-0.3, -0.25) is 9.78 Å². The van der Waals surface area contributed by atoms with Gasteiger partial charge in [0.05, 0.1) is 6.20 Å². The number of carbonyl (C=O) groups is 1. The average Bonchev–Trinajstić information content (AvgIpc) is 2.68.